The van der Waals surface area contributed by atoms with Gasteiger partial charge in [0.2, 0.25) is 5.78 Å². The van der Waals surface area contributed by atoms with Crippen molar-refractivity contribution in [2.75, 3.05) is 21.2 Å². The van der Waals surface area contributed by atoms with Crippen molar-refractivity contribution in [3.8, 4) is 0 Å². The van der Waals surface area contributed by atoms with Gasteiger partial charge in [0, 0.05) is 29.4 Å². The van der Waals surface area contributed by atoms with E-state index in [1.54, 1.807) is 6.08 Å². The van der Waals surface area contributed by atoms with Crippen LogP contribution in [0.3, 0.4) is 0 Å². The fourth-order valence-corrected chi connectivity index (χ4v) is 3.98. The minimum Gasteiger partial charge on any atom is -0.504 e. The summed E-state index contributed by atoms with van der Waals surface area (Å²) in [5, 5.41) is 10.4. The SMILES string of the molecule is COC1=CC2[C@@H](N(C)C)C=C3C=CC(=O)C(O)=C3[C@]2(C)CC1=O. The van der Waals surface area contributed by atoms with Crippen LogP contribution in [0.25, 0.3) is 0 Å². The second kappa shape index (κ2) is 5.20. The number of nitrogens with zero attached hydrogens (tertiary/aromatic N) is 1. The Kier molecular flexibility index (Phi) is 3.56. The van der Waals surface area contributed by atoms with Crippen LogP contribution in [0, 0.1) is 11.3 Å². The van der Waals surface area contributed by atoms with Crippen LogP contribution >= 0.6 is 0 Å². The van der Waals surface area contributed by atoms with Crippen LogP contribution in [0.1, 0.15) is 13.3 Å². The van der Waals surface area contributed by atoms with Crippen molar-refractivity contribution in [1.29, 1.82) is 0 Å². The Bertz CT molecular complexity index is 711. The van der Waals surface area contributed by atoms with Crippen LogP contribution in [0.15, 0.2) is 47.0 Å². The number of rotatable bonds is 2. The van der Waals surface area contributed by atoms with Gasteiger partial charge in [-0.1, -0.05) is 19.1 Å². The second-order valence-electron chi connectivity index (χ2n) is 6.78. The van der Waals surface area contributed by atoms with E-state index in [1.807, 2.05) is 33.2 Å². The van der Waals surface area contributed by atoms with Gasteiger partial charge in [-0.3, -0.25) is 9.59 Å². The highest BCUT2D eigenvalue weighted by Gasteiger charge is 2.51. The number of fused-ring (bicyclic) bond motifs is 3. The molecule has 23 heavy (non-hydrogen) atoms. The maximum Gasteiger partial charge on any atom is 0.220 e. The summed E-state index contributed by atoms with van der Waals surface area (Å²) in [6.45, 7) is 1.94. The summed E-state index contributed by atoms with van der Waals surface area (Å²) in [6.07, 6.45) is 7.20. The molecular weight excluding hydrogens is 294 g/mol. The first-order valence-corrected chi connectivity index (χ1v) is 7.63. The van der Waals surface area contributed by atoms with E-state index in [2.05, 4.69) is 4.90 Å². The van der Waals surface area contributed by atoms with E-state index in [4.69, 9.17) is 4.74 Å². The molecular formula is C18H21NO4. The number of likely N-dealkylation sites (N-methyl/N-ethyl adjacent to an activating group) is 1. The van der Waals surface area contributed by atoms with Crippen molar-refractivity contribution < 1.29 is 19.4 Å². The van der Waals surface area contributed by atoms with Gasteiger partial charge < -0.3 is 14.7 Å². The molecule has 0 spiro atoms. The van der Waals surface area contributed by atoms with Crippen LogP contribution in [0.5, 0.6) is 0 Å². The van der Waals surface area contributed by atoms with Crippen molar-refractivity contribution in [2.45, 2.75) is 19.4 Å². The summed E-state index contributed by atoms with van der Waals surface area (Å²) in [5.41, 5.74) is 0.761. The number of hydrogen-bond acceptors (Lipinski definition) is 5. The van der Waals surface area contributed by atoms with Crippen molar-refractivity contribution in [2.24, 2.45) is 11.3 Å². The first-order valence-electron chi connectivity index (χ1n) is 7.63. The lowest BCUT2D eigenvalue weighted by Crippen LogP contribution is -2.50. The molecule has 0 aliphatic heterocycles. The molecule has 3 aliphatic rings. The molecule has 0 saturated heterocycles. The van der Waals surface area contributed by atoms with Crippen LogP contribution < -0.4 is 0 Å². The first kappa shape index (κ1) is 15.7. The van der Waals surface area contributed by atoms with E-state index >= 15 is 0 Å². The minimum atomic E-state index is -0.636. The lowest BCUT2D eigenvalue weighted by atomic mass is 9.57. The third-order valence-corrected chi connectivity index (χ3v) is 5.15. The normalized spacial score (nSPS) is 33.3. The Balaban J connectivity index is 2.26. The number of allylic oxidation sites excluding steroid dienone is 5. The van der Waals surface area contributed by atoms with Gasteiger partial charge in [0.15, 0.2) is 17.3 Å². The zero-order valence-electron chi connectivity index (χ0n) is 13.8. The average molecular weight is 315 g/mol. The van der Waals surface area contributed by atoms with Crippen LogP contribution in [0.4, 0.5) is 0 Å². The number of ether oxygens (including phenoxy) is 1. The highest BCUT2D eigenvalue weighted by Crippen LogP contribution is 2.54. The third kappa shape index (κ3) is 2.18. The van der Waals surface area contributed by atoms with E-state index in [0.717, 1.165) is 5.57 Å². The highest BCUT2D eigenvalue weighted by atomic mass is 16.5. The minimum absolute atomic E-state index is 0.0441. The van der Waals surface area contributed by atoms with Crippen molar-refractivity contribution in [1.82, 2.24) is 4.90 Å². The van der Waals surface area contributed by atoms with E-state index < -0.39 is 11.2 Å². The molecule has 1 unspecified atom stereocenters. The van der Waals surface area contributed by atoms with Gasteiger partial charge in [-0.2, -0.15) is 0 Å². The molecule has 0 saturated carbocycles. The molecule has 0 aromatic heterocycles. The molecule has 0 radical (unpaired) electrons. The van der Waals surface area contributed by atoms with Crippen LogP contribution in [-0.4, -0.2) is 48.8 Å². The van der Waals surface area contributed by atoms with Gasteiger partial charge in [0.05, 0.1) is 7.11 Å². The third-order valence-electron chi connectivity index (χ3n) is 5.15. The first-order chi connectivity index (χ1) is 10.8. The van der Waals surface area contributed by atoms with E-state index in [1.165, 1.54) is 13.2 Å². The Morgan fingerprint density at radius 2 is 1.96 bits per heavy atom. The van der Waals surface area contributed by atoms with Crippen molar-refractivity contribution in [3.63, 3.8) is 0 Å². The summed E-state index contributed by atoms with van der Waals surface area (Å²) in [6, 6.07) is 0.0441. The zero-order valence-corrected chi connectivity index (χ0v) is 13.8. The summed E-state index contributed by atoms with van der Waals surface area (Å²) < 4.78 is 5.22. The largest absolute Gasteiger partial charge is 0.504 e. The predicted molar refractivity (Wildman–Crippen MR) is 85.7 cm³/mol. The Morgan fingerprint density at radius 1 is 1.26 bits per heavy atom. The topological polar surface area (TPSA) is 66.8 Å². The van der Waals surface area contributed by atoms with Gasteiger partial charge in [-0.25, -0.2) is 0 Å². The van der Waals surface area contributed by atoms with E-state index in [0.29, 0.717) is 11.3 Å². The predicted octanol–water partition coefficient (Wildman–Crippen LogP) is 1.93. The molecule has 3 atom stereocenters. The molecule has 1 N–H and O–H groups in total. The molecule has 3 rings (SSSR count). The van der Waals surface area contributed by atoms with E-state index in [9.17, 15) is 14.7 Å². The summed E-state index contributed by atoms with van der Waals surface area (Å²) >= 11 is 0. The second-order valence-corrected chi connectivity index (χ2v) is 6.78. The van der Waals surface area contributed by atoms with Crippen molar-refractivity contribution in [3.05, 3.63) is 47.0 Å². The number of ketones is 2. The molecule has 5 nitrogen and oxygen atoms in total. The molecule has 0 heterocycles. The monoisotopic (exact) mass is 315 g/mol. The fraction of sp³-hybridized carbons (Fsp3) is 0.444. The number of aliphatic hydroxyl groups excluding tert-OH is 1. The Hall–Kier alpha value is -2.14. The summed E-state index contributed by atoms with van der Waals surface area (Å²) in [4.78, 5) is 26.4. The Labute approximate surface area is 135 Å². The van der Waals surface area contributed by atoms with Crippen LogP contribution in [-0.2, 0) is 14.3 Å². The molecule has 122 valence electrons. The highest BCUT2D eigenvalue weighted by molar-refractivity contribution is 6.06. The zero-order chi connectivity index (χ0) is 16.9. The lowest BCUT2D eigenvalue weighted by Gasteiger charge is -2.49. The molecule has 0 fully saturated rings. The molecule has 3 aliphatic carbocycles. The fourth-order valence-electron chi connectivity index (χ4n) is 3.98. The maximum absolute atomic E-state index is 12.4. The molecule has 0 aromatic carbocycles. The maximum atomic E-state index is 12.4. The van der Waals surface area contributed by atoms with E-state index in [-0.39, 0.29) is 29.9 Å². The van der Waals surface area contributed by atoms with Gasteiger partial charge in [-0.15, -0.1) is 0 Å². The lowest BCUT2D eigenvalue weighted by molar-refractivity contribution is -0.122. The Morgan fingerprint density at radius 3 is 2.57 bits per heavy atom. The summed E-state index contributed by atoms with van der Waals surface area (Å²) in [5.74, 6) is -0.466. The quantitative estimate of drug-likeness (QED) is 0.843. The van der Waals surface area contributed by atoms with Gasteiger partial charge >= 0.3 is 0 Å². The van der Waals surface area contributed by atoms with Crippen LogP contribution in [0.2, 0.25) is 0 Å². The van der Waals surface area contributed by atoms with Gasteiger partial charge in [0.25, 0.3) is 0 Å². The summed E-state index contributed by atoms with van der Waals surface area (Å²) in [7, 11) is 5.45. The average Bonchev–Trinajstić information content (AvgIpc) is 2.48. The van der Waals surface area contributed by atoms with Crippen molar-refractivity contribution >= 4 is 11.6 Å². The number of Topliss-reactive ketones (excluding diaryl/α,β-unsaturated/α-hetero) is 1. The number of methoxy groups -OCH3 is 1. The molecule has 0 bridgehead atoms. The van der Waals surface area contributed by atoms with Gasteiger partial charge in [-0.05, 0) is 31.8 Å². The molecule has 5 heteroatoms. The number of aliphatic hydroxyl groups is 1. The van der Waals surface area contributed by atoms with Gasteiger partial charge in [0.1, 0.15) is 0 Å². The standard InChI is InChI=1S/C18H21NO4/c1-18-9-14(21)15(23-4)8-11(18)12(19(2)3)7-10-5-6-13(20)17(22)16(10)18/h5-8,11-12,22H,9H2,1-4H3/t11?,12-,18+/m0/s1. The molecule has 0 amide bonds. The smallest absolute Gasteiger partial charge is 0.220 e. The number of carbonyl (C=O) groups excluding carboxylic acids is 2. The number of carbonyl (C=O) groups is 2. The molecule has 0 aromatic rings. The number of hydrogen-bond donors (Lipinski definition) is 1.